The topological polar surface area (TPSA) is 99.7 Å². The second kappa shape index (κ2) is 11.2. The second-order valence-corrected chi connectivity index (χ2v) is 8.18. The number of aliphatic carboxylic acids is 1. The molecule has 0 unspecified atom stereocenters. The van der Waals surface area contributed by atoms with E-state index in [1.807, 2.05) is 0 Å². The molecule has 0 saturated heterocycles. The van der Waals surface area contributed by atoms with E-state index in [1.165, 1.54) is 12.5 Å². The van der Waals surface area contributed by atoms with Crippen LogP contribution in [-0.4, -0.2) is 48.8 Å². The number of nitrogens with one attached hydrogen (secondary N) is 3. The van der Waals surface area contributed by atoms with Gasteiger partial charge < -0.3 is 25.8 Å². The number of amides is 1. The molecule has 0 radical (unpaired) electrons. The minimum atomic E-state index is -1.06. The number of anilines is 2. The summed E-state index contributed by atoms with van der Waals surface area (Å²) in [5, 5.41) is 18.0. The molecule has 0 aromatic heterocycles. The molecular formula is C22H32FN3O4. The van der Waals surface area contributed by atoms with E-state index in [-0.39, 0.29) is 30.8 Å². The third-order valence-electron chi connectivity index (χ3n) is 5.79. The summed E-state index contributed by atoms with van der Waals surface area (Å²) in [4.78, 5) is 23.2. The van der Waals surface area contributed by atoms with Crippen LogP contribution in [0.25, 0.3) is 0 Å². The van der Waals surface area contributed by atoms with Gasteiger partial charge in [-0.1, -0.05) is 32.1 Å². The fraction of sp³-hybridized carbons (Fsp3) is 0.636. The summed E-state index contributed by atoms with van der Waals surface area (Å²) >= 11 is 0. The predicted molar refractivity (Wildman–Crippen MR) is 114 cm³/mol. The monoisotopic (exact) mass is 421 g/mol. The van der Waals surface area contributed by atoms with Crippen LogP contribution in [0.3, 0.4) is 0 Å². The number of ether oxygens (including phenoxy) is 1. The summed E-state index contributed by atoms with van der Waals surface area (Å²) < 4.78 is 19.8. The number of benzene rings is 1. The van der Waals surface area contributed by atoms with Crippen molar-refractivity contribution in [2.75, 3.05) is 30.4 Å². The fourth-order valence-corrected chi connectivity index (χ4v) is 4.24. The summed E-state index contributed by atoms with van der Waals surface area (Å²) in [6.45, 7) is -0.188. The average Bonchev–Trinajstić information content (AvgIpc) is 3.23. The predicted octanol–water partition coefficient (Wildman–Crippen LogP) is 3.76. The lowest BCUT2D eigenvalue weighted by Crippen LogP contribution is -2.30. The molecule has 0 bridgehead atoms. The molecule has 7 nitrogen and oxygen atoms in total. The van der Waals surface area contributed by atoms with E-state index in [4.69, 9.17) is 9.84 Å². The lowest BCUT2D eigenvalue weighted by molar-refractivity contribution is -0.142. The highest BCUT2D eigenvalue weighted by Crippen LogP contribution is 2.30. The van der Waals surface area contributed by atoms with Crippen LogP contribution >= 0.6 is 0 Å². The van der Waals surface area contributed by atoms with Gasteiger partial charge in [-0.05, 0) is 37.8 Å². The quantitative estimate of drug-likeness (QED) is 0.430. The molecule has 1 aromatic carbocycles. The first-order chi connectivity index (χ1) is 14.5. The fourth-order valence-electron chi connectivity index (χ4n) is 4.24. The molecule has 2 fully saturated rings. The number of hydrogen-bond acceptors (Lipinski definition) is 5. The van der Waals surface area contributed by atoms with Crippen LogP contribution in [0, 0.1) is 5.82 Å². The van der Waals surface area contributed by atoms with Crippen molar-refractivity contribution in [2.24, 2.45) is 0 Å². The third-order valence-corrected chi connectivity index (χ3v) is 5.79. The number of carbonyl (C=O) groups excluding carboxylic acids is 1. The summed E-state index contributed by atoms with van der Waals surface area (Å²) in [5.74, 6) is -1.91. The van der Waals surface area contributed by atoms with E-state index in [0.29, 0.717) is 11.4 Å². The van der Waals surface area contributed by atoms with Crippen LogP contribution in [-0.2, 0) is 9.53 Å². The lowest BCUT2D eigenvalue weighted by atomic mass is 9.95. The molecule has 0 spiro atoms. The number of carbonyl (C=O) groups is 2. The van der Waals surface area contributed by atoms with Crippen molar-refractivity contribution in [3.05, 3.63) is 23.5 Å². The Labute approximate surface area is 176 Å². The molecule has 2 aliphatic rings. The van der Waals surface area contributed by atoms with Gasteiger partial charge in [0.2, 0.25) is 0 Å². The van der Waals surface area contributed by atoms with Gasteiger partial charge in [0.25, 0.3) is 5.91 Å². The maximum atomic E-state index is 14.8. The SMILES string of the molecule is O=C(O)COCCNC(=O)c1cc(F)c(NC2CCCCC2)cc1NC1CCCC1. The maximum absolute atomic E-state index is 14.8. The molecule has 8 heteroatoms. The van der Waals surface area contributed by atoms with Crippen LogP contribution in [0.15, 0.2) is 12.1 Å². The van der Waals surface area contributed by atoms with Crippen molar-refractivity contribution in [3.8, 4) is 0 Å². The second-order valence-electron chi connectivity index (χ2n) is 8.18. The van der Waals surface area contributed by atoms with Gasteiger partial charge in [0.15, 0.2) is 0 Å². The van der Waals surface area contributed by atoms with Gasteiger partial charge in [-0.2, -0.15) is 0 Å². The van der Waals surface area contributed by atoms with Crippen LogP contribution in [0.4, 0.5) is 15.8 Å². The molecule has 3 rings (SSSR count). The first-order valence-corrected chi connectivity index (χ1v) is 11.0. The van der Waals surface area contributed by atoms with E-state index in [1.54, 1.807) is 6.07 Å². The highest BCUT2D eigenvalue weighted by Gasteiger charge is 2.22. The summed E-state index contributed by atoms with van der Waals surface area (Å²) in [5.41, 5.74) is 1.32. The summed E-state index contributed by atoms with van der Waals surface area (Å²) in [6, 6.07) is 3.55. The maximum Gasteiger partial charge on any atom is 0.329 e. The first-order valence-electron chi connectivity index (χ1n) is 11.0. The Morgan fingerprint density at radius 3 is 2.20 bits per heavy atom. The molecule has 0 atom stereocenters. The summed E-state index contributed by atoms with van der Waals surface area (Å²) in [6.07, 6.45) is 9.95. The Balaban J connectivity index is 1.70. The van der Waals surface area contributed by atoms with Crippen LogP contribution in [0.1, 0.15) is 68.1 Å². The van der Waals surface area contributed by atoms with E-state index >= 15 is 0 Å². The normalized spacial score (nSPS) is 17.6. The van der Waals surface area contributed by atoms with Crippen LogP contribution in [0.2, 0.25) is 0 Å². The minimum Gasteiger partial charge on any atom is -0.480 e. The molecule has 1 amide bonds. The molecule has 2 aliphatic carbocycles. The van der Waals surface area contributed by atoms with Gasteiger partial charge in [0, 0.05) is 24.3 Å². The molecule has 30 heavy (non-hydrogen) atoms. The van der Waals surface area contributed by atoms with E-state index in [0.717, 1.165) is 51.4 Å². The number of rotatable bonds is 10. The zero-order chi connectivity index (χ0) is 21.3. The molecular weight excluding hydrogens is 389 g/mol. The molecule has 0 aliphatic heterocycles. The number of carboxylic acids is 1. The molecule has 2 saturated carbocycles. The number of carboxylic acid groups (broad SMARTS) is 1. The zero-order valence-corrected chi connectivity index (χ0v) is 17.3. The molecule has 4 N–H and O–H groups in total. The highest BCUT2D eigenvalue weighted by atomic mass is 19.1. The van der Waals surface area contributed by atoms with Gasteiger partial charge in [0.05, 0.1) is 17.9 Å². The average molecular weight is 422 g/mol. The number of halogens is 1. The highest BCUT2D eigenvalue weighted by molar-refractivity contribution is 6.00. The van der Waals surface area contributed by atoms with Crippen LogP contribution in [0.5, 0.6) is 0 Å². The standard InChI is InChI=1S/C22H32FN3O4/c23-18-12-17(22(29)24-10-11-30-14-21(27)28)19(25-15-8-4-5-9-15)13-20(18)26-16-6-2-1-3-7-16/h12-13,15-16,25-26H,1-11,14H2,(H,24,29)(H,27,28). The Kier molecular flexibility index (Phi) is 8.30. The van der Waals surface area contributed by atoms with Crippen molar-refractivity contribution in [2.45, 2.75) is 69.9 Å². The zero-order valence-electron chi connectivity index (χ0n) is 17.3. The lowest BCUT2D eigenvalue weighted by Gasteiger charge is -2.25. The summed E-state index contributed by atoms with van der Waals surface area (Å²) in [7, 11) is 0. The van der Waals surface area contributed by atoms with Crippen molar-refractivity contribution < 1.29 is 23.8 Å². The van der Waals surface area contributed by atoms with Gasteiger partial charge in [0.1, 0.15) is 12.4 Å². The van der Waals surface area contributed by atoms with Gasteiger partial charge in [-0.25, -0.2) is 9.18 Å². The van der Waals surface area contributed by atoms with Gasteiger partial charge in [-0.15, -0.1) is 0 Å². The molecule has 0 heterocycles. The third kappa shape index (κ3) is 6.58. The number of hydrogen-bond donors (Lipinski definition) is 4. The van der Waals surface area contributed by atoms with Crippen molar-refractivity contribution in [1.82, 2.24) is 5.32 Å². The van der Waals surface area contributed by atoms with Crippen molar-refractivity contribution >= 4 is 23.3 Å². The van der Waals surface area contributed by atoms with Crippen molar-refractivity contribution in [1.29, 1.82) is 0 Å². The van der Waals surface area contributed by atoms with Gasteiger partial charge in [-0.3, -0.25) is 4.79 Å². The van der Waals surface area contributed by atoms with Gasteiger partial charge >= 0.3 is 5.97 Å². The van der Waals surface area contributed by atoms with Crippen LogP contribution < -0.4 is 16.0 Å². The minimum absolute atomic E-state index is 0.0766. The smallest absolute Gasteiger partial charge is 0.329 e. The Bertz CT molecular complexity index is 731. The Morgan fingerprint density at radius 1 is 0.967 bits per heavy atom. The molecule has 166 valence electrons. The van der Waals surface area contributed by atoms with Crippen molar-refractivity contribution in [3.63, 3.8) is 0 Å². The molecule has 1 aromatic rings. The van der Waals surface area contributed by atoms with E-state index in [9.17, 15) is 14.0 Å². The van der Waals surface area contributed by atoms with E-state index < -0.39 is 24.3 Å². The largest absolute Gasteiger partial charge is 0.480 e. The first kappa shape index (κ1) is 22.3. The Hall–Kier alpha value is -2.35. The van der Waals surface area contributed by atoms with E-state index in [2.05, 4.69) is 16.0 Å². The Morgan fingerprint density at radius 2 is 1.57 bits per heavy atom.